The van der Waals surface area contributed by atoms with Gasteiger partial charge in [-0.25, -0.2) is 8.42 Å². The number of ether oxygens (including phenoxy) is 1. The Morgan fingerprint density at radius 1 is 1.24 bits per heavy atom. The van der Waals surface area contributed by atoms with E-state index in [1.807, 2.05) is 39.0 Å². The molecular weight excluding hydrogens is 286 g/mol. The SMILES string of the molecule is Cc1ccc(S(=O)(=O)N2CC3=CCOC(C)(C)C3C2)cc1. The Morgan fingerprint density at radius 3 is 2.52 bits per heavy atom. The Hall–Kier alpha value is -1.17. The van der Waals surface area contributed by atoms with E-state index < -0.39 is 10.0 Å². The van der Waals surface area contributed by atoms with Crippen LogP contribution in [0.4, 0.5) is 0 Å². The van der Waals surface area contributed by atoms with E-state index in [1.165, 1.54) is 5.57 Å². The molecule has 2 heterocycles. The first kappa shape index (κ1) is 14.8. The first-order valence-corrected chi connectivity index (χ1v) is 8.64. The third-order valence-electron chi connectivity index (χ3n) is 4.49. The Labute approximate surface area is 126 Å². The summed E-state index contributed by atoms with van der Waals surface area (Å²) < 4.78 is 32.9. The lowest BCUT2D eigenvalue weighted by molar-refractivity contribution is -0.0421. The highest BCUT2D eigenvalue weighted by atomic mass is 32.2. The molecule has 1 fully saturated rings. The largest absolute Gasteiger partial charge is 0.371 e. The van der Waals surface area contributed by atoms with Crippen molar-refractivity contribution in [2.24, 2.45) is 5.92 Å². The van der Waals surface area contributed by atoms with Crippen LogP contribution in [0.25, 0.3) is 0 Å². The minimum absolute atomic E-state index is 0.145. The van der Waals surface area contributed by atoms with Crippen molar-refractivity contribution in [1.82, 2.24) is 4.31 Å². The fraction of sp³-hybridized carbons (Fsp3) is 0.500. The number of hydrogen-bond donors (Lipinski definition) is 0. The van der Waals surface area contributed by atoms with Gasteiger partial charge in [0.1, 0.15) is 0 Å². The Bertz CT molecular complexity index is 674. The van der Waals surface area contributed by atoms with Crippen molar-refractivity contribution >= 4 is 10.0 Å². The van der Waals surface area contributed by atoms with E-state index in [0.29, 0.717) is 24.6 Å². The average Bonchev–Trinajstić information content (AvgIpc) is 2.85. The van der Waals surface area contributed by atoms with Gasteiger partial charge >= 0.3 is 0 Å². The van der Waals surface area contributed by atoms with Crippen LogP contribution in [0.5, 0.6) is 0 Å². The van der Waals surface area contributed by atoms with E-state index in [4.69, 9.17) is 4.74 Å². The molecule has 0 radical (unpaired) electrons. The van der Waals surface area contributed by atoms with E-state index in [1.54, 1.807) is 16.4 Å². The molecule has 0 amide bonds. The molecule has 21 heavy (non-hydrogen) atoms. The summed E-state index contributed by atoms with van der Waals surface area (Å²) in [5.74, 6) is 0.145. The van der Waals surface area contributed by atoms with Crippen molar-refractivity contribution in [3.63, 3.8) is 0 Å². The first-order valence-electron chi connectivity index (χ1n) is 7.20. The first-order chi connectivity index (χ1) is 9.80. The second-order valence-electron chi connectivity index (χ2n) is 6.36. The zero-order valence-corrected chi connectivity index (χ0v) is 13.5. The molecule has 114 valence electrons. The van der Waals surface area contributed by atoms with E-state index in [2.05, 4.69) is 0 Å². The van der Waals surface area contributed by atoms with Gasteiger partial charge in [0.2, 0.25) is 10.0 Å². The van der Waals surface area contributed by atoms with Gasteiger partial charge < -0.3 is 4.74 Å². The van der Waals surface area contributed by atoms with Crippen molar-refractivity contribution in [2.45, 2.75) is 31.3 Å². The monoisotopic (exact) mass is 307 g/mol. The smallest absolute Gasteiger partial charge is 0.243 e. The van der Waals surface area contributed by atoms with Crippen LogP contribution in [0.3, 0.4) is 0 Å². The van der Waals surface area contributed by atoms with Gasteiger partial charge in [-0.05, 0) is 38.5 Å². The molecule has 4 nitrogen and oxygen atoms in total. The van der Waals surface area contributed by atoms with Crippen LogP contribution in [0.15, 0.2) is 40.8 Å². The topological polar surface area (TPSA) is 46.6 Å². The lowest BCUT2D eigenvalue weighted by atomic mass is 9.85. The summed E-state index contributed by atoms with van der Waals surface area (Å²) in [4.78, 5) is 0.367. The number of hydrogen-bond acceptors (Lipinski definition) is 3. The highest BCUT2D eigenvalue weighted by molar-refractivity contribution is 7.89. The molecule has 0 aromatic heterocycles. The fourth-order valence-electron chi connectivity index (χ4n) is 3.08. The van der Waals surface area contributed by atoms with Crippen LogP contribution < -0.4 is 0 Å². The van der Waals surface area contributed by atoms with Gasteiger partial charge in [0.05, 0.1) is 17.1 Å². The predicted molar refractivity (Wildman–Crippen MR) is 81.5 cm³/mol. The molecule has 1 aromatic carbocycles. The van der Waals surface area contributed by atoms with Gasteiger partial charge in [0, 0.05) is 19.0 Å². The molecule has 1 unspecified atom stereocenters. The lowest BCUT2D eigenvalue weighted by Gasteiger charge is -2.35. The molecule has 3 rings (SSSR count). The second kappa shape index (κ2) is 4.93. The molecule has 2 aliphatic heterocycles. The summed E-state index contributed by atoms with van der Waals surface area (Å²) in [6.45, 7) is 7.56. The molecular formula is C16H21NO3S. The highest BCUT2D eigenvalue weighted by Gasteiger charge is 2.44. The summed E-state index contributed by atoms with van der Waals surface area (Å²) in [7, 11) is -3.43. The van der Waals surface area contributed by atoms with E-state index in [0.717, 1.165) is 5.56 Å². The number of aryl methyl sites for hydroxylation is 1. The maximum absolute atomic E-state index is 12.8. The summed E-state index contributed by atoms with van der Waals surface area (Å²) in [5.41, 5.74) is 1.94. The second-order valence-corrected chi connectivity index (χ2v) is 8.29. The number of nitrogens with zero attached hydrogens (tertiary/aromatic N) is 1. The maximum Gasteiger partial charge on any atom is 0.243 e. The Morgan fingerprint density at radius 2 is 1.90 bits per heavy atom. The third kappa shape index (κ3) is 2.54. The molecule has 2 aliphatic rings. The molecule has 0 spiro atoms. The van der Waals surface area contributed by atoms with E-state index in [9.17, 15) is 8.42 Å². The molecule has 1 saturated heterocycles. The van der Waals surface area contributed by atoms with Gasteiger partial charge in [0.15, 0.2) is 0 Å². The van der Waals surface area contributed by atoms with Gasteiger partial charge in [-0.15, -0.1) is 0 Å². The quantitative estimate of drug-likeness (QED) is 0.788. The van der Waals surface area contributed by atoms with Crippen LogP contribution in [0.1, 0.15) is 19.4 Å². The van der Waals surface area contributed by atoms with Crippen molar-refractivity contribution in [3.05, 3.63) is 41.5 Å². The molecule has 0 N–H and O–H groups in total. The molecule has 0 saturated carbocycles. The maximum atomic E-state index is 12.8. The fourth-order valence-corrected chi connectivity index (χ4v) is 4.52. The molecule has 0 aliphatic carbocycles. The summed E-state index contributed by atoms with van der Waals surface area (Å²) >= 11 is 0. The van der Waals surface area contributed by atoms with E-state index in [-0.39, 0.29) is 11.5 Å². The van der Waals surface area contributed by atoms with Crippen LogP contribution >= 0.6 is 0 Å². The predicted octanol–water partition coefficient (Wildman–Crippen LogP) is 2.35. The number of rotatable bonds is 2. The molecule has 0 bridgehead atoms. The van der Waals surface area contributed by atoms with Gasteiger partial charge in [-0.3, -0.25) is 0 Å². The van der Waals surface area contributed by atoms with Gasteiger partial charge in [-0.1, -0.05) is 23.8 Å². The standard InChI is InChI=1S/C16H21NO3S/c1-12-4-6-14(7-5-12)21(18,19)17-10-13-8-9-20-16(2,3)15(13)11-17/h4-8,15H,9-11H2,1-3H3. The van der Waals surface area contributed by atoms with Crippen LogP contribution in [-0.2, 0) is 14.8 Å². The highest BCUT2D eigenvalue weighted by Crippen LogP contribution is 2.39. The van der Waals surface area contributed by atoms with Crippen molar-refractivity contribution in [3.8, 4) is 0 Å². The molecule has 5 heteroatoms. The van der Waals surface area contributed by atoms with Crippen LogP contribution in [0, 0.1) is 12.8 Å². The zero-order chi connectivity index (χ0) is 15.3. The third-order valence-corrected chi connectivity index (χ3v) is 6.32. The number of sulfonamides is 1. The number of benzene rings is 1. The van der Waals surface area contributed by atoms with Crippen LogP contribution in [0.2, 0.25) is 0 Å². The molecule has 1 aromatic rings. The zero-order valence-electron chi connectivity index (χ0n) is 12.7. The summed E-state index contributed by atoms with van der Waals surface area (Å²) in [6.07, 6.45) is 2.03. The van der Waals surface area contributed by atoms with Gasteiger partial charge in [-0.2, -0.15) is 4.31 Å². The van der Waals surface area contributed by atoms with Gasteiger partial charge in [0.25, 0.3) is 0 Å². The van der Waals surface area contributed by atoms with Crippen molar-refractivity contribution < 1.29 is 13.2 Å². The summed E-state index contributed by atoms with van der Waals surface area (Å²) in [6, 6.07) is 7.04. The molecule has 1 atom stereocenters. The minimum Gasteiger partial charge on any atom is -0.371 e. The van der Waals surface area contributed by atoms with Crippen LogP contribution in [-0.4, -0.2) is 38.0 Å². The van der Waals surface area contributed by atoms with E-state index >= 15 is 0 Å². The Balaban J connectivity index is 1.90. The van der Waals surface area contributed by atoms with Crippen molar-refractivity contribution in [2.75, 3.05) is 19.7 Å². The minimum atomic E-state index is -3.43. The average molecular weight is 307 g/mol. The number of fused-ring (bicyclic) bond motifs is 1. The Kier molecular flexibility index (Phi) is 3.47. The normalized spacial score (nSPS) is 25.5. The summed E-state index contributed by atoms with van der Waals surface area (Å²) in [5, 5.41) is 0. The lowest BCUT2D eigenvalue weighted by Crippen LogP contribution is -2.40. The van der Waals surface area contributed by atoms with Crippen molar-refractivity contribution in [1.29, 1.82) is 0 Å².